The number of ether oxygens (including phenoxy) is 1. The van der Waals surface area contributed by atoms with Gasteiger partial charge in [0.25, 0.3) is 5.91 Å². The fraction of sp³-hybridized carbons (Fsp3) is 0.500. The molecule has 0 atom stereocenters. The molecule has 1 N–H and O–H groups in total. The number of carbonyl (C=O) groups excluding carboxylic acids is 2. The molecule has 0 aromatic heterocycles. The Morgan fingerprint density at radius 2 is 2.00 bits per heavy atom. The van der Waals surface area contributed by atoms with Crippen LogP contribution in [0, 0.1) is 5.92 Å². The molecule has 126 valence electrons. The van der Waals surface area contributed by atoms with Gasteiger partial charge in [0, 0.05) is 31.6 Å². The number of piperidine rings is 1. The summed E-state index contributed by atoms with van der Waals surface area (Å²) in [5, 5.41) is 3.74. The van der Waals surface area contributed by atoms with Gasteiger partial charge in [-0.2, -0.15) is 0 Å². The van der Waals surface area contributed by atoms with Crippen LogP contribution in [0.25, 0.3) is 0 Å². The largest absolute Gasteiger partial charge is 0.482 e. The van der Waals surface area contributed by atoms with Crippen molar-refractivity contribution < 1.29 is 14.3 Å². The lowest BCUT2D eigenvalue weighted by molar-refractivity contribution is -0.134. The molecule has 7 heteroatoms. The van der Waals surface area contributed by atoms with Crippen LogP contribution < -0.4 is 10.1 Å². The molecule has 1 fully saturated rings. The van der Waals surface area contributed by atoms with Crippen LogP contribution in [-0.2, 0) is 9.59 Å². The number of carbonyl (C=O) groups is 2. The van der Waals surface area contributed by atoms with E-state index in [1.807, 2.05) is 0 Å². The van der Waals surface area contributed by atoms with Gasteiger partial charge in [-0.15, -0.1) is 0 Å². The highest BCUT2D eigenvalue weighted by Crippen LogP contribution is 2.27. The van der Waals surface area contributed by atoms with E-state index >= 15 is 0 Å². The Kier molecular flexibility index (Phi) is 6.54. The van der Waals surface area contributed by atoms with Crippen LogP contribution >= 0.6 is 23.2 Å². The van der Waals surface area contributed by atoms with E-state index in [9.17, 15) is 9.59 Å². The monoisotopic (exact) mass is 358 g/mol. The van der Waals surface area contributed by atoms with Crippen molar-refractivity contribution in [3.8, 4) is 5.75 Å². The predicted octanol–water partition coefficient (Wildman–Crippen LogP) is 2.75. The number of halogens is 2. The summed E-state index contributed by atoms with van der Waals surface area (Å²) in [7, 11) is 0. The summed E-state index contributed by atoms with van der Waals surface area (Å²) in [6.45, 7) is 3.51. The van der Waals surface area contributed by atoms with E-state index in [0.29, 0.717) is 41.3 Å². The SMILES string of the molecule is CC(=O)NCC1CCN(C(=O)COc2ccc(Cl)cc2Cl)CC1. The molecule has 1 aliphatic heterocycles. The van der Waals surface area contributed by atoms with Crippen LogP contribution in [0.3, 0.4) is 0 Å². The third-order valence-corrected chi connectivity index (χ3v) is 4.38. The number of benzene rings is 1. The molecule has 0 radical (unpaired) electrons. The molecule has 0 spiro atoms. The average molecular weight is 359 g/mol. The first-order valence-electron chi connectivity index (χ1n) is 7.55. The number of hydrogen-bond donors (Lipinski definition) is 1. The third-order valence-electron chi connectivity index (χ3n) is 3.85. The highest BCUT2D eigenvalue weighted by molar-refractivity contribution is 6.35. The average Bonchev–Trinajstić information content (AvgIpc) is 2.52. The number of hydrogen-bond acceptors (Lipinski definition) is 3. The van der Waals surface area contributed by atoms with E-state index in [1.165, 1.54) is 6.92 Å². The van der Waals surface area contributed by atoms with Gasteiger partial charge in [-0.1, -0.05) is 23.2 Å². The van der Waals surface area contributed by atoms with Crippen LogP contribution in [-0.4, -0.2) is 43.0 Å². The van der Waals surface area contributed by atoms with Crippen molar-refractivity contribution in [3.05, 3.63) is 28.2 Å². The molecule has 0 unspecified atom stereocenters. The Balaban J connectivity index is 1.75. The summed E-state index contributed by atoms with van der Waals surface area (Å²) in [4.78, 5) is 24.9. The van der Waals surface area contributed by atoms with Crippen LogP contribution in [0.4, 0.5) is 0 Å². The number of likely N-dealkylation sites (tertiary alicyclic amines) is 1. The Labute approximate surface area is 145 Å². The van der Waals surface area contributed by atoms with Gasteiger partial charge in [0.15, 0.2) is 6.61 Å². The van der Waals surface area contributed by atoms with E-state index in [4.69, 9.17) is 27.9 Å². The van der Waals surface area contributed by atoms with Gasteiger partial charge in [-0.25, -0.2) is 0 Å². The fourth-order valence-electron chi connectivity index (χ4n) is 2.50. The van der Waals surface area contributed by atoms with Gasteiger partial charge in [-0.3, -0.25) is 9.59 Å². The number of rotatable bonds is 5. The minimum absolute atomic E-state index is 0.0169. The molecule has 1 aromatic rings. The summed E-state index contributed by atoms with van der Waals surface area (Å²) in [5.41, 5.74) is 0. The number of nitrogens with zero attached hydrogens (tertiary/aromatic N) is 1. The Morgan fingerprint density at radius 1 is 1.30 bits per heavy atom. The van der Waals surface area contributed by atoms with Gasteiger partial charge < -0.3 is 15.0 Å². The fourth-order valence-corrected chi connectivity index (χ4v) is 2.96. The van der Waals surface area contributed by atoms with Crippen LogP contribution in [0.2, 0.25) is 10.0 Å². The highest BCUT2D eigenvalue weighted by atomic mass is 35.5. The standard InChI is InChI=1S/C16H20Cl2N2O3/c1-11(21)19-9-12-4-6-20(7-5-12)16(22)10-23-15-3-2-13(17)8-14(15)18/h2-3,8,12H,4-7,9-10H2,1H3,(H,19,21). The molecule has 0 bridgehead atoms. The smallest absolute Gasteiger partial charge is 0.260 e. The first-order chi connectivity index (χ1) is 11.0. The zero-order chi connectivity index (χ0) is 16.8. The van der Waals surface area contributed by atoms with Crippen molar-refractivity contribution in [2.45, 2.75) is 19.8 Å². The first-order valence-corrected chi connectivity index (χ1v) is 8.31. The molecular weight excluding hydrogens is 339 g/mol. The molecule has 23 heavy (non-hydrogen) atoms. The van der Waals surface area contributed by atoms with Crippen molar-refractivity contribution in [3.63, 3.8) is 0 Å². The highest BCUT2D eigenvalue weighted by Gasteiger charge is 2.23. The summed E-state index contributed by atoms with van der Waals surface area (Å²) < 4.78 is 5.47. The minimum atomic E-state index is -0.0611. The van der Waals surface area contributed by atoms with Gasteiger partial charge in [0.1, 0.15) is 5.75 Å². The second-order valence-corrected chi connectivity index (χ2v) is 6.47. The zero-order valence-corrected chi connectivity index (χ0v) is 14.5. The van der Waals surface area contributed by atoms with Crippen molar-refractivity contribution in [2.75, 3.05) is 26.2 Å². The van der Waals surface area contributed by atoms with Gasteiger partial charge in [-0.05, 0) is 37.0 Å². The summed E-state index contributed by atoms with van der Waals surface area (Å²) in [6.07, 6.45) is 1.77. The van der Waals surface area contributed by atoms with E-state index < -0.39 is 0 Å². The minimum Gasteiger partial charge on any atom is -0.482 e. The van der Waals surface area contributed by atoms with Crippen LogP contribution in [0.5, 0.6) is 5.75 Å². The third kappa shape index (κ3) is 5.59. The van der Waals surface area contributed by atoms with Crippen molar-refractivity contribution >= 4 is 35.0 Å². The van der Waals surface area contributed by atoms with E-state index in [-0.39, 0.29) is 18.4 Å². The van der Waals surface area contributed by atoms with E-state index in [0.717, 1.165) is 12.8 Å². The van der Waals surface area contributed by atoms with E-state index in [2.05, 4.69) is 5.32 Å². The molecule has 2 amide bonds. The van der Waals surface area contributed by atoms with Gasteiger partial charge >= 0.3 is 0 Å². The topological polar surface area (TPSA) is 58.6 Å². The Hall–Kier alpha value is -1.46. The van der Waals surface area contributed by atoms with Crippen molar-refractivity contribution in [1.82, 2.24) is 10.2 Å². The molecule has 1 aliphatic rings. The maximum atomic E-state index is 12.2. The molecule has 1 saturated heterocycles. The Bertz CT molecular complexity index is 572. The van der Waals surface area contributed by atoms with E-state index in [1.54, 1.807) is 23.1 Å². The molecule has 2 rings (SSSR count). The lowest BCUT2D eigenvalue weighted by atomic mass is 9.97. The van der Waals surface area contributed by atoms with Gasteiger partial charge in [0.05, 0.1) is 5.02 Å². The second kappa shape index (κ2) is 8.41. The molecule has 5 nitrogen and oxygen atoms in total. The molecule has 1 aromatic carbocycles. The lowest BCUT2D eigenvalue weighted by Gasteiger charge is -2.32. The zero-order valence-electron chi connectivity index (χ0n) is 13.0. The predicted molar refractivity (Wildman–Crippen MR) is 89.9 cm³/mol. The normalized spacial score (nSPS) is 15.3. The molecule has 1 heterocycles. The number of amides is 2. The second-order valence-electron chi connectivity index (χ2n) is 5.62. The summed E-state index contributed by atoms with van der Waals surface area (Å²) >= 11 is 11.8. The molecule has 0 aliphatic carbocycles. The van der Waals surface area contributed by atoms with Crippen LogP contribution in [0.1, 0.15) is 19.8 Å². The molecular formula is C16H20Cl2N2O3. The summed E-state index contributed by atoms with van der Waals surface area (Å²) in [6, 6.07) is 4.90. The lowest BCUT2D eigenvalue weighted by Crippen LogP contribution is -2.43. The van der Waals surface area contributed by atoms with Crippen LogP contribution in [0.15, 0.2) is 18.2 Å². The maximum Gasteiger partial charge on any atom is 0.260 e. The summed E-state index contributed by atoms with van der Waals surface area (Å²) in [5.74, 6) is 0.797. The quantitative estimate of drug-likeness (QED) is 0.880. The van der Waals surface area contributed by atoms with Crippen molar-refractivity contribution in [1.29, 1.82) is 0 Å². The molecule has 0 saturated carbocycles. The van der Waals surface area contributed by atoms with Gasteiger partial charge in [0.2, 0.25) is 5.91 Å². The number of nitrogens with one attached hydrogen (secondary N) is 1. The maximum absolute atomic E-state index is 12.2. The van der Waals surface area contributed by atoms with Crippen molar-refractivity contribution in [2.24, 2.45) is 5.92 Å². The first kappa shape index (κ1) is 17.9. The Morgan fingerprint density at radius 3 is 2.61 bits per heavy atom.